The van der Waals surface area contributed by atoms with Crippen LogP contribution in [0.4, 0.5) is 0 Å². The lowest BCUT2D eigenvalue weighted by atomic mass is 10.0. The first-order valence-corrected chi connectivity index (χ1v) is 7.76. The lowest BCUT2D eigenvalue weighted by molar-refractivity contribution is -0.123. The average molecular weight is 310 g/mol. The van der Waals surface area contributed by atoms with Crippen LogP contribution >= 0.6 is 0 Å². The van der Waals surface area contributed by atoms with Gasteiger partial charge in [0.05, 0.1) is 0 Å². The Morgan fingerprint density at radius 3 is 2.00 bits per heavy atom. The highest BCUT2D eigenvalue weighted by Crippen LogP contribution is 2.06. The first kappa shape index (κ1) is 16.7. The Bertz CT molecular complexity index is 639. The third kappa shape index (κ3) is 5.25. The van der Waals surface area contributed by atoms with Crippen molar-refractivity contribution in [1.29, 1.82) is 0 Å². The Morgan fingerprint density at radius 2 is 1.43 bits per heavy atom. The minimum Gasteiger partial charge on any atom is -0.352 e. The van der Waals surface area contributed by atoms with E-state index >= 15 is 0 Å². The van der Waals surface area contributed by atoms with Crippen molar-refractivity contribution in [3.63, 3.8) is 0 Å². The topological polar surface area (TPSA) is 58.2 Å². The van der Waals surface area contributed by atoms with Crippen LogP contribution < -0.4 is 10.6 Å². The molecule has 1 atom stereocenters. The van der Waals surface area contributed by atoms with Crippen molar-refractivity contribution in [2.45, 2.75) is 32.4 Å². The van der Waals surface area contributed by atoms with Crippen LogP contribution in [0.5, 0.6) is 0 Å². The minimum atomic E-state index is -0.604. The largest absolute Gasteiger partial charge is 0.352 e. The molecular weight excluding hydrogens is 288 g/mol. The molecule has 0 radical (unpaired) electrons. The molecule has 23 heavy (non-hydrogen) atoms. The maximum atomic E-state index is 12.4. The van der Waals surface area contributed by atoms with E-state index in [1.54, 1.807) is 24.3 Å². The summed E-state index contributed by atoms with van der Waals surface area (Å²) in [6.45, 7) is 3.80. The van der Waals surface area contributed by atoms with E-state index in [0.29, 0.717) is 12.0 Å². The third-order valence-electron chi connectivity index (χ3n) is 3.37. The molecule has 0 aliphatic heterocycles. The van der Waals surface area contributed by atoms with Gasteiger partial charge in [0, 0.05) is 18.0 Å². The molecule has 2 N–H and O–H groups in total. The molecule has 4 heteroatoms. The zero-order chi connectivity index (χ0) is 16.7. The van der Waals surface area contributed by atoms with E-state index in [1.807, 2.05) is 50.2 Å². The van der Waals surface area contributed by atoms with E-state index in [9.17, 15) is 9.59 Å². The maximum absolute atomic E-state index is 12.4. The van der Waals surface area contributed by atoms with E-state index in [4.69, 9.17) is 0 Å². The monoisotopic (exact) mass is 310 g/mol. The predicted molar refractivity (Wildman–Crippen MR) is 91.1 cm³/mol. The van der Waals surface area contributed by atoms with Gasteiger partial charge in [-0.05, 0) is 31.5 Å². The van der Waals surface area contributed by atoms with Crippen LogP contribution in [-0.4, -0.2) is 23.9 Å². The molecule has 0 aliphatic carbocycles. The Hall–Kier alpha value is -2.62. The van der Waals surface area contributed by atoms with Gasteiger partial charge in [0.1, 0.15) is 6.04 Å². The van der Waals surface area contributed by atoms with Crippen LogP contribution in [0.3, 0.4) is 0 Å². The summed E-state index contributed by atoms with van der Waals surface area (Å²) in [5.41, 5.74) is 1.55. The predicted octanol–water partition coefficient (Wildman–Crippen LogP) is 2.55. The van der Waals surface area contributed by atoms with Crippen LogP contribution in [0.2, 0.25) is 0 Å². The van der Waals surface area contributed by atoms with Crippen molar-refractivity contribution < 1.29 is 9.59 Å². The van der Waals surface area contributed by atoms with Gasteiger partial charge in [-0.2, -0.15) is 0 Å². The molecule has 0 bridgehead atoms. The van der Waals surface area contributed by atoms with Crippen molar-refractivity contribution in [1.82, 2.24) is 10.6 Å². The molecule has 0 saturated heterocycles. The number of rotatable bonds is 6. The molecule has 0 aliphatic rings. The van der Waals surface area contributed by atoms with Gasteiger partial charge in [-0.3, -0.25) is 9.59 Å². The highest BCUT2D eigenvalue weighted by atomic mass is 16.2. The summed E-state index contributed by atoms with van der Waals surface area (Å²) in [6, 6.07) is 18.0. The number of carbonyl (C=O) groups excluding carboxylic acids is 2. The molecule has 0 spiro atoms. The standard InChI is InChI=1S/C19H22N2O2/c1-14(2)20-19(23)17(13-15-9-5-3-6-10-15)21-18(22)16-11-7-4-8-12-16/h3-12,14,17H,13H2,1-2H3,(H,20,23)(H,21,22)/t17-/m0/s1. The molecule has 0 aromatic heterocycles. The minimum absolute atomic E-state index is 0.0226. The summed E-state index contributed by atoms with van der Waals surface area (Å²) in [5, 5.41) is 5.70. The van der Waals surface area contributed by atoms with Crippen LogP contribution in [-0.2, 0) is 11.2 Å². The first-order chi connectivity index (χ1) is 11.1. The Labute approximate surface area is 136 Å². The summed E-state index contributed by atoms with van der Waals surface area (Å²) in [4.78, 5) is 24.7. The SMILES string of the molecule is CC(C)NC(=O)[C@H](Cc1ccccc1)NC(=O)c1ccccc1. The summed E-state index contributed by atoms with van der Waals surface area (Å²) < 4.78 is 0. The van der Waals surface area contributed by atoms with Crippen molar-refractivity contribution in [3.8, 4) is 0 Å². The molecule has 2 rings (SSSR count). The van der Waals surface area contributed by atoms with Gasteiger partial charge in [-0.25, -0.2) is 0 Å². The van der Waals surface area contributed by atoms with Gasteiger partial charge in [-0.1, -0.05) is 48.5 Å². The lowest BCUT2D eigenvalue weighted by Gasteiger charge is -2.20. The lowest BCUT2D eigenvalue weighted by Crippen LogP contribution is -2.49. The fourth-order valence-electron chi connectivity index (χ4n) is 2.28. The molecule has 0 unspecified atom stereocenters. The average Bonchev–Trinajstić information content (AvgIpc) is 2.55. The summed E-state index contributed by atoms with van der Waals surface area (Å²) >= 11 is 0. The number of benzene rings is 2. The van der Waals surface area contributed by atoms with Crippen LogP contribution in [0.25, 0.3) is 0 Å². The number of amides is 2. The molecule has 2 aromatic rings. The summed E-state index contributed by atoms with van der Waals surface area (Å²) in [6.07, 6.45) is 0.456. The zero-order valence-corrected chi connectivity index (χ0v) is 13.5. The second-order valence-corrected chi connectivity index (χ2v) is 5.75. The van der Waals surface area contributed by atoms with Gasteiger partial charge in [0.2, 0.25) is 5.91 Å². The molecular formula is C19H22N2O2. The summed E-state index contributed by atoms with van der Waals surface area (Å²) in [7, 11) is 0. The number of nitrogens with one attached hydrogen (secondary N) is 2. The second kappa shape index (κ2) is 8.13. The molecule has 2 aromatic carbocycles. The number of hydrogen-bond acceptors (Lipinski definition) is 2. The Kier molecular flexibility index (Phi) is 5.92. The van der Waals surface area contributed by atoms with E-state index in [-0.39, 0.29) is 17.9 Å². The maximum Gasteiger partial charge on any atom is 0.251 e. The molecule has 0 fully saturated rings. The van der Waals surface area contributed by atoms with E-state index < -0.39 is 6.04 Å². The normalized spacial score (nSPS) is 11.8. The first-order valence-electron chi connectivity index (χ1n) is 7.76. The smallest absolute Gasteiger partial charge is 0.251 e. The number of carbonyl (C=O) groups is 2. The van der Waals surface area contributed by atoms with Gasteiger partial charge in [-0.15, -0.1) is 0 Å². The molecule has 2 amide bonds. The van der Waals surface area contributed by atoms with Crippen molar-refractivity contribution in [3.05, 3.63) is 71.8 Å². The van der Waals surface area contributed by atoms with Gasteiger partial charge < -0.3 is 10.6 Å². The molecule has 120 valence electrons. The van der Waals surface area contributed by atoms with Gasteiger partial charge in [0.25, 0.3) is 5.91 Å². The Morgan fingerprint density at radius 1 is 0.870 bits per heavy atom. The van der Waals surface area contributed by atoms with E-state index in [2.05, 4.69) is 10.6 Å². The van der Waals surface area contributed by atoms with Crippen LogP contribution in [0.1, 0.15) is 29.8 Å². The Balaban J connectivity index is 2.12. The van der Waals surface area contributed by atoms with Crippen molar-refractivity contribution in [2.24, 2.45) is 0 Å². The van der Waals surface area contributed by atoms with Crippen molar-refractivity contribution >= 4 is 11.8 Å². The molecule has 4 nitrogen and oxygen atoms in total. The highest BCUT2D eigenvalue weighted by molar-refractivity contribution is 5.97. The molecule has 0 heterocycles. The fourth-order valence-corrected chi connectivity index (χ4v) is 2.28. The zero-order valence-electron chi connectivity index (χ0n) is 13.5. The third-order valence-corrected chi connectivity index (χ3v) is 3.37. The second-order valence-electron chi connectivity index (χ2n) is 5.75. The van der Waals surface area contributed by atoms with E-state index in [0.717, 1.165) is 5.56 Å². The fraction of sp³-hybridized carbons (Fsp3) is 0.263. The highest BCUT2D eigenvalue weighted by Gasteiger charge is 2.22. The van der Waals surface area contributed by atoms with Gasteiger partial charge in [0.15, 0.2) is 0 Å². The number of hydrogen-bond donors (Lipinski definition) is 2. The van der Waals surface area contributed by atoms with Crippen LogP contribution in [0.15, 0.2) is 60.7 Å². The van der Waals surface area contributed by atoms with E-state index in [1.165, 1.54) is 0 Å². The summed E-state index contributed by atoms with van der Waals surface area (Å²) in [5.74, 6) is -0.418. The quantitative estimate of drug-likeness (QED) is 0.861. The van der Waals surface area contributed by atoms with Crippen molar-refractivity contribution in [2.75, 3.05) is 0 Å². The van der Waals surface area contributed by atoms with Crippen LogP contribution in [0, 0.1) is 0 Å². The molecule has 0 saturated carbocycles. The van der Waals surface area contributed by atoms with Gasteiger partial charge >= 0.3 is 0 Å².